The standard InChI is InChI=1S/C16H10Br2ClN3O2/c1-8-21-14-3-2-10(17)5-12(14)16(24)22(8)20-7-9-4-11(19)6-13(18)15(9)23/h2-7,23H,1H3. The Kier molecular flexibility index (Phi) is 4.76. The molecule has 1 aromatic heterocycles. The van der Waals surface area contributed by atoms with E-state index in [1.54, 1.807) is 31.2 Å². The van der Waals surface area contributed by atoms with E-state index in [4.69, 9.17) is 11.6 Å². The third kappa shape index (κ3) is 3.24. The van der Waals surface area contributed by atoms with E-state index in [-0.39, 0.29) is 11.3 Å². The van der Waals surface area contributed by atoms with Gasteiger partial charge in [-0.25, -0.2) is 4.98 Å². The molecule has 1 N–H and O–H groups in total. The lowest BCUT2D eigenvalue weighted by molar-refractivity contribution is 0.471. The van der Waals surface area contributed by atoms with E-state index in [9.17, 15) is 9.90 Å². The highest BCUT2D eigenvalue weighted by Crippen LogP contribution is 2.30. The summed E-state index contributed by atoms with van der Waals surface area (Å²) >= 11 is 12.5. The summed E-state index contributed by atoms with van der Waals surface area (Å²) in [5.41, 5.74) is 0.686. The molecular formula is C16H10Br2ClN3O2. The lowest BCUT2D eigenvalue weighted by atomic mass is 10.2. The first-order valence-corrected chi connectivity index (χ1v) is 8.74. The van der Waals surface area contributed by atoms with Crippen molar-refractivity contribution in [1.29, 1.82) is 0 Å². The summed E-state index contributed by atoms with van der Waals surface area (Å²) in [6, 6.07) is 8.41. The van der Waals surface area contributed by atoms with Crippen LogP contribution in [-0.4, -0.2) is 21.0 Å². The summed E-state index contributed by atoms with van der Waals surface area (Å²) in [6.45, 7) is 1.69. The number of benzene rings is 2. The Morgan fingerprint density at radius 2 is 2.04 bits per heavy atom. The van der Waals surface area contributed by atoms with Crippen LogP contribution in [0.25, 0.3) is 10.9 Å². The maximum absolute atomic E-state index is 12.6. The van der Waals surface area contributed by atoms with Crippen molar-refractivity contribution < 1.29 is 5.11 Å². The van der Waals surface area contributed by atoms with Gasteiger partial charge in [-0.05, 0) is 53.2 Å². The van der Waals surface area contributed by atoms with Crippen LogP contribution in [0.1, 0.15) is 11.4 Å². The summed E-state index contributed by atoms with van der Waals surface area (Å²) in [4.78, 5) is 17.0. The minimum atomic E-state index is -0.296. The van der Waals surface area contributed by atoms with Crippen LogP contribution in [0, 0.1) is 6.92 Å². The fourth-order valence-electron chi connectivity index (χ4n) is 2.20. The van der Waals surface area contributed by atoms with E-state index in [2.05, 4.69) is 41.9 Å². The average Bonchev–Trinajstić information content (AvgIpc) is 2.52. The summed E-state index contributed by atoms with van der Waals surface area (Å²) in [7, 11) is 0. The van der Waals surface area contributed by atoms with E-state index < -0.39 is 0 Å². The third-order valence-corrected chi connectivity index (χ3v) is 4.66. The predicted molar refractivity (Wildman–Crippen MR) is 102 cm³/mol. The Balaban J connectivity index is 2.15. The third-order valence-electron chi connectivity index (χ3n) is 3.34. The predicted octanol–water partition coefficient (Wildman–Crippen LogP) is 4.47. The first-order chi connectivity index (χ1) is 11.4. The van der Waals surface area contributed by atoms with Gasteiger partial charge in [-0.2, -0.15) is 9.78 Å². The van der Waals surface area contributed by atoms with Crippen LogP contribution >= 0.6 is 43.5 Å². The highest BCUT2D eigenvalue weighted by Gasteiger charge is 2.09. The van der Waals surface area contributed by atoms with Crippen molar-refractivity contribution in [3.8, 4) is 5.75 Å². The van der Waals surface area contributed by atoms with Gasteiger partial charge in [-0.3, -0.25) is 4.79 Å². The summed E-state index contributed by atoms with van der Waals surface area (Å²) in [5.74, 6) is 0.428. The zero-order valence-electron chi connectivity index (χ0n) is 12.3. The maximum atomic E-state index is 12.6. The smallest absolute Gasteiger partial charge is 0.282 e. The molecule has 24 heavy (non-hydrogen) atoms. The summed E-state index contributed by atoms with van der Waals surface area (Å²) in [5, 5.41) is 15.1. The van der Waals surface area contributed by atoms with E-state index in [1.807, 2.05) is 6.07 Å². The first kappa shape index (κ1) is 17.1. The lowest BCUT2D eigenvalue weighted by Gasteiger charge is -2.06. The van der Waals surface area contributed by atoms with Crippen molar-refractivity contribution in [3.63, 3.8) is 0 Å². The molecule has 3 rings (SSSR count). The molecule has 5 nitrogen and oxygen atoms in total. The van der Waals surface area contributed by atoms with Crippen molar-refractivity contribution in [2.24, 2.45) is 5.10 Å². The van der Waals surface area contributed by atoms with Gasteiger partial charge >= 0.3 is 0 Å². The van der Waals surface area contributed by atoms with Gasteiger partial charge in [-0.1, -0.05) is 27.5 Å². The molecule has 8 heteroatoms. The molecule has 0 spiro atoms. The highest BCUT2D eigenvalue weighted by molar-refractivity contribution is 9.10. The molecule has 122 valence electrons. The molecule has 1 heterocycles. The van der Waals surface area contributed by atoms with Crippen molar-refractivity contribution in [1.82, 2.24) is 9.66 Å². The monoisotopic (exact) mass is 469 g/mol. The van der Waals surface area contributed by atoms with Crippen molar-refractivity contribution in [3.05, 3.63) is 66.0 Å². The minimum Gasteiger partial charge on any atom is -0.506 e. The van der Waals surface area contributed by atoms with Crippen LogP contribution in [0.2, 0.25) is 5.02 Å². The second kappa shape index (κ2) is 6.66. The number of rotatable bonds is 2. The van der Waals surface area contributed by atoms with Gasteiger partial charge in [-0.15, -0.1) is 0 Å². The molecule has 3 aromatic rings. The minimum absolute atomic E-state index is 0.00894. The normalized spacial score (nSPS) is 11.5. The number of aromatic hydroxyl groups is 1. The fraction of sp³-hybridized carbons (Fsp3) is 0.0625. The second-order valence-electron chi connectivity index (χ2n) is 5.01. The number of nitrogens with zero attached hydrogens (tertiary/aromatic N) is 3. The molecule has 2 aromatic carbocycles. The lowest BCUT2D eigenvalue weighted by Crippen LogP contribution is -2.20. The molecule has 0 unspecified atom stereocenters. The SMILES string of the molecule is Cc1nc2ccc(Br)cc2c(=O)n1N=Cc1cc(Cl)cc(Br)c1O. The Morgan fingerprint density at radius 3 is 2.79 bits per heavy atom. The zero-order chi connectivity index (χ0) is 17.4. The molecule has 0 aliphatic rings. The number of hydrogen-bond donors (Lipinski definition) is 1. The second-order valence-corrected chi connectivity index (χ2v) is 7.21. The Bertz CT molecular complexity index is 1050. The first-order valence-electron chi connectivity index (χ1n) is 6.78. The Hall–Kier alpha value is -1.70. The van der Waals surface area contributed by atoms with Gasteiger partial charge in [0.1, 0.15) is 11.6 Å². The van der Waals surface area contributed by atoms with Gasteiger partial charge in [0.2, 0.25) is 0 Å². The number of aromatic nitrogens is 2. The van der Waals surface area contributed by atoms with Crippen LogP contribution < -0.4 is 5.56 Å². The molecule has 0 amide bonds. The van der Waals surface area contributed by atoms with Crippen LogP contribution in [0.4, 0.5) is 0 Å². The maximum Gasteiger partial charge on any atom is 0.282 e. The van der Waals surface area contributed by atoms with Crippen LogP contribution in [-0.2, 0) is 0 Å². The van der Waals surface area contributed by atoms with Crippen LogP contribution in [0.3, 0.4) is 0 Å². The molecule has 0 aliphatic heterocycles. The fourth-order valence-corrected chi connectivity index (χ4v) is 3.40. The van der Waals surface area contributed by atoms with Crippen molar-refractivity contribution >= 4 is 60.6 Å². The quantitative estimate of drug-likeness (QED) is 0.561. The Labute approximate surface area is 158 Å². The largest absolute Gasteiger partial charge is 0.506 e. The molecular weight excluding hydrogens is 461 g/mol. The molecule has 0 radical (unpaired) electrons. The average molecular weight is 472 g/mol. The topological polar surface area (TPSA) is 67.5 Å². The number of phenols is 1. The van der Waals surface area contributed by atoms with E-state index >= 15 is 0 Å². The van der Waals surface area contributed by atoms with Gasteiger partial charge in [0.05, 0.1) is 21.6 Å². The number of aryl methyl sites for hydroxylation is 1. The molecule has 0 bridgehead atoms. The van der Waals surface area contributed by atoms with E-state index in [1.165, 1.54) is 10.9 Å². The molecule has 0 fully saturated rings. The summed E-state index contributed by atoms with van der Waals surface area (Å²) < 4.78 is 2.41. The van der Waals surface area contributed by atoms with Gasteiger partial charge in [0, 0.05) is 15.1 Å². The molecule has 0 aliphatic carbocycles. The highest BCUT2D eigenvalue weighted by atomic mass is 79.9. The number of halogens is 3. The molecule has 0 saturated carbocycles. The van der Waals surface area contributed by atoms with Crippen molar-refractivity contribution in [2.45, 2.75) is 6.92 Å². The van der Waals surface area contributed by atoms with Crippen molar-refractivity contribution in [2.75, 3.05) is 0 Å². The number of hydrogen-bond acceptors (Lipinski definition) is 4. The molecule has 0 saturated heterocycles. The van der Waals surface area contributed by atoms with Gasteiger partial charge < -0.3 is 5.11 Å². The number of phenolic OH excluding ortho intramolecular Hbond substituents is 1. The van der Waals surface area contributed by atoms with Crippen LogP contribution in [0.5, 0.6) is 5.75 Å². The zero-order valence-corrected chi connectivity index (χ0v) is 16.2. The van der Waals surface area contributed by atoms with E-state index in [0.717, 1.165) is 4.47 Å². The molecule has 0 atom stereocenters. The van der Waals surface area contributed by atoms with E-state index in [0.29, 0.717) is 31.8 Å². The van der Waals surface area contributed by atoms with Gasteiger partial charge in [0.15, 0.2) is 0 Å². The van der Waals surface area contributed by atoms with Gasteiger partial charge in [0.25, 0.3) is 5.56 Å². The van der Waals surface area contributed by atoms with Crippen LogP contribution in [0.15, 0.2) is 49.2 Å². The summed E-state index contributed by atoms with van der Waals surface area (Å²) in [6.07, 6.45) is 1.37. The Morgan fingerprint density at radius 1 is 1.29 bits per heavy atom. The number of fused-ring (bicyclic) bond motifs is 1.